The molecule has 0 aliphatic heterocycles. The minimum absolute atomic E-state index is 0.376. The molecule has 1 unspecified atom stereocenters. The molecule has 0 saturated heterocycles. The summed E-state index contributed by atoms with van der Waals surface area (Å²) in [5, 5.41) is 3.58. The number of nitrogens with one attached hydrogen (secondary N) is 1. The van der Waals surface area contributed by atoms with Crippen LogP contribution in [0.4, 0.5) is 0 Å². The SMILES string of the molecule is CCNC(Cc1ccc(CC)cc1)c1ccc(Br)cc1. The molecule has 0 fully saturated rings. The summed E-state index contributed by atoms with van der Waals surface area (Å²) in [6.45, 7) is 5.33. The third kappa shape index (κ3) is 4.19. The molecule has 0 spiro atoms. The Bertz CT molecular complexity index is 516. The summed E-state index contributed by atoms with van der Waals surface area (Å²) < 4.78 is 1.13. The maximum Gasteiger partial charge on any atom is 0.0360 e. The molecular formula is C18H22BrN. The van der Waals surface area contributed by atoms with E-state index in [1.165, 1.54) is 16.7 Å². The van der Waals surface area contributed by atoms with Crippen molar-refractivity contribution in [3.8, 4) is 0 Å². The molecule has 0 aliphatic rings. The fourth-order valence-electron chi connectivity index (χ4n) is 2.40. The van der Waals surface area contributed by atoms with Crippen molar-refractivity contribution in [2.45, 2.75) is 32.7 Å². The maximum absolute atomic E-state index is 3.58. The molecule has 0 amide bonds. The van der Waals surface area contributed by atoms with Crippen LogP contribution in [0.2, 0.25) is 0 Å². The first kappa shape index (κ1) is 15.3. The lowest BCUT2D eigenvalue weighted by Gasteiger charge is -2.19. The van der Waals surface area contributed by atoms with Crippen molar-refractivity contribution < 1.29 is 0 Å². The van der Waals surface area contributed by atoms with Crippen molar-refractivity contribution >= 4 is 15.9 Å². The largest absolute Gasteiger partial charge is 0.310 e. The number of hydrogen-bond donors (Lipinski definition) is 1. The smallest absolute Gasteiger partial charge is 0.0360 e. The van der Waals surface area contributed by atoms with Gasteiger partial charge in [0.05, 0.1) is 0 Å². The fraction of sp³-hybridized carbons (Fsp3) is 0.333. The molecule has 1 atom stereocenters. The van der Waals surface area contributed by atoms with E-state index in [0.29, 0.717) is 6.04 Å². The van der Waals surface area contributed by atoms with E-state index in [1.54, 1.807) is 0 Å². The second-order valence-electron chi connectivity index (χ2n) is 5.04. The molecule has 0 aromatic heterocycles. The summed E-state index contributed by atoms with van der Waals surface area (Å²) >= 11 is 3.50. The van der Waals surface area contributed by atoms with E-state index in [2.05, 4.69) is 83.6 Å². The lowest BCUT2D eigenvalue weighted by atomic mass is 9.98. The van der Waals surface area contributed by atoms with E-state index in [9.17, 15) is 0 Å². The van der Waals surface area contributed by atoms with Crippen molar-refractivity contribution in [1.29, 1.82) is 0 Å². The highest BCUT2D eigenvalue weighted by Crippen LogP contribution is 2.21. The first-order chi connectivity index (χ1) is 9.72. The minimum Gasteiger partial charge on any atom is -0.310 e. The quantitative estimate of drug-likeness (QED) is 0.793. The Morgan fingerprint density at radius 3 is 2.05 bits per heavy atom. The monoisotopic (exact) mass is 331 g/mol. The van der Waals surface area contributed by atoms with Gasteiger partial charge in [-0.15, -0.1) is 0 Å². The van der Waals surface area contributed by atoms with Crippen LogP contribution < -0.4 is 5.32 Å². The summed E-state index contributed by atoms with van der Waals surface area (Å²) in [4.78, 5) is 0. The van der Waals surface area contributed by atoms with Gasteiger partial charge in [0, 0.05) is 10.5 Å². The average Bonchev–Trinajstić information content (AvgIpc) is 2.48. The molecule has 1 N–H and O–H groups in total. The summed E-state index contributed by atoms with van der Waals surface area (Å²) in [6.07, 6.45) is 2.13. The van der Waals surface area contributed by atoms with Gasteiger partial charge in [-0.05, 0) is 48.2 Å². The van der Waals surface area contributed by atoms with E-state index >= 15 is 0 Å². The standard InChI is InChI=1S/C18H22BrN/c1-3-14-5-7-15(8-6-14)13-18(20-4-2)16-9-11-17(19)12-10-16/h5-12,18,20H,3-4,13H2,1-2H3. The van der Waals surface area contributed by atoms with E-state index in [1.807, 2.05) is 0 Å². The third-order valence-corrected chi connectivity index (χ3v) is 4.12. The molecule has 0 saturated carbocycles. The minimum atomic E-state index is 0.376. The van der Waals surface area contributed by atoms with Gasteiger partial charge >= 0.3 is 0 Å². The normalized spacial score (nSPS) is 12.3. The van der Waals surface area contributed by atoms with Gasteiger partial charge in [-0.3, -0.25) is 0 Å². The topological polar surface area (TPSA) is 12.0 Å². The number of benzene rings is 2. The van der Waals surface area contributed by atoms with Crippen molar-refractivity contribution in [2.24, 2.45) is 0 Å². The Morgan fingerprint density at radius 1 is 0.900 bits per heavy atom. The van der Waals surface area contributed by atoms with Crippen molar-refractivity contribution in [3.63, 3.8) is 0 Å². The van der Waals surface area contributed by atoms with Crippen LogP contribution in [0.15, 0.2) is 53.0 Å². The van der Waals surface area contributed by atoms with Crippen LogP contribution in [0.3, 0.4) is 0 Å². The second kappa shape index (κ2) is 7.61. The van der Waals surface area contributed by atoms with Crippen LogP contribution in [-0.4, -0.2) is 6.54 Å². The van der Waals surface area contributed by atoms with Crippen LogP contribution in [0.25, 0.3) is 0 Å². The Kier molecular flexibility index (Phi) is 5.81. The fourth-order valence-corrected chi connectivity index (χ4v) is 2.66. The van der Waals surface area contributed by atoms with Gasteiger partial charge in [-0.25, -0.2) is 0 Å². The molecule has 2 rings (SSSR count). The second-order valence-corrected chi connectivity index (χ2v) is 5.95. The zero-order valence-electron chi connectivity index (χ0n) is 12.2. The molecule has 0 aliphatic carbocycles. The molecule has 106 valence electrons. The highest BCUT2D eigenvalue weighted by molar-refractivity contribution is 9.10. The molecule has 0 bridgehead atoms. The summed E-state index contributed by atoms with van der Waals surface area (Å²) in [6, 6.07) is 18.0. The number of halogens is 1. The molecule has 0 heterocycles. The molecular weight excluding hydrogens is 310 g/mol. The number of aryl methyl sites for hydroxylation is 1. The summed E-state index contributed by atoms with van der Waals surface area (Å²) in [7, 11) is 0. The van der Waals surface area contributed by atoms with Crippen LogP contribution in [0, 0.1) is 0 Å². The Labute approximate surface area is 130 Å². The van der Waals surface area contributed by atoms with Crippen LogP contribution in [0.5, 0.6) is 0 Å². The predicted molar refractivity (Wildman–Crippen MR) is 90.1 cm³/mol. The molecule has 2 aromatic rings. The van der Waals surface area contributed by atoms with Gasteiger partial charge in [0.1, 0.15) is 0 Å². The number of likely N-dealkylation sites (N-methyl/N-ethyl adjacent to an activating group) is 1. The van der Waals surface area contributed by atoms with E-state index < -0.39 is 0 Å². The maximum atomic E-state index is 3.58. The Balaban J connectivity index is 2.13. The molecule has 1 nitrogen and oxygen atoms in total. The van der Waals surface area contributed by atoms with Crippen LogP contribution in [-0.2, 0) is 12.8 Å². The molecule has 20 heavy (non-hydrogen) atoms. The van der Waals surface area contributed by atoms with Gasteiger partial charge in [0.25, 0.3) is 0 Å². The van der Waals surface area contributed by atoms with E-state index in [-0.39, 0.29) is 0 Å². The number of hydrogen-bond acceptors (Lipinski definition) is 1. The molecule has 0 radical (unpaired) electrons. The molecule has 2 aromatic carbocycles. The van der Waals surface area contributed by atoms with Crippen molar-refractivity contribution in [2.75, 3.05) is 6.54 Å². The van der Waals surface area contributed by atoms with Crippen molar-refractivity contribution in [1.82, 2.24) is 5.32 Å². The lowest BCUT2D eigenvalue weighted by molar-refractivity contribution is 0.550. The summed E-state index contributed by atoms with van der Waals surface area (Å²) in [5.41, 5.74) is 4.13. The first-order valence-electron chi connectivity index (χ1n) is 7.29. The van der Waals surface area contributed by atoms with Crippen molar-refractivity contribution in [3.05, 3.63) is 69.7 Å². The highest BCUT2D eigenvalue weighted by atomic mass is 79.9. The van der Waals surface area contributed by atoms with Gasteiger partial charge in [-0.2, -0.15) is 0 Å². The van der Waals surface area contributed by atoms with Crippen LogP contribution in [0.1, 0.15) is 36.6 Å². The number of rotatable bonds is 6. The van der Waals surface area contributed by atoms with Gasteiger partial charge in [0.15, 0.2) is 0 Å². The zero-order chi connectivity index (χ0) is 14.4. The van der Waals surface area contributed by atoms with Crippen LogP contribution >= 0.6 is 15.9 Å². The van der Waals surface area contributed by atoms with Gasteiger partial charge < -0.3 is 5.32 Å². The highest BCUT2D eigenvalue weighted by Gasteiger charge is 2.11. The van der Waals surface area contributed by atoms with E-state index in [4.69, 9.17) is 0 Å². The first-order valence-corrected chi connectivity index (χ1v) is 8.09. The average molecular weight is 332 g/mol. The lowest BCUT2D eigenvalue weighted by Crippen LogP contribution is -2.22. The Morgan fingerprint density at radius 2 is 1.50 bits per heavy atom. The molecule has 2 heteroatoms. The summed E-state index contributed by atoms with van der Waals surface area (Å²) in [5.74, 6) is 0. The Hall–Kier alpha value is -1.12. The van der Waals surface area contributed by atoms with E-state index in [0.717, 1.165) is 23.9 Å². The predicted octanol–water partition coefficient (Wildman–Crippen LogP) is 4.90. The van der Waals surface area contributed by atoms with Gasteiger partial charge in [-0.1, -0.05) is 66.2 Å². The van der Waals surface area contributed by atoms with Gasteiger partial charge in [0.2, 0.25) is 0 Å². The third-order valence-electron chi connectivity index (χ3n) is 3.59. The zero-order valence-corrected chi connectivity index (χ0v) is 13.8.